The minimum Gasteiger partial charge on any atom is -0.353 e. The van der Waals surface area contributed by atoms with Gasteiger partial charge in [0.15, 0.2) is 0 Å². The van der Waals surface area contributed by atoms with Gasteiger partial charge in [0.05, 0.1) is 6.42 Å². The van der Waals surface area contributed by atoms with E-state index in [1.165, 1.54) is 36.5 Å². The van der Waals surface area contributed by atoms with Crippen LogP contribution in [0.25, 0.3) is 10.8 Å². The van der Waals surface area contributed by atoms with Crippen molar-refractivity contribution in [1.82, 2.24) is 5.32 Å². The zero-order valence-electron chi connectivity index (χ0n) is 13.8. The molecule has 120 valence electrons. The van der Waals surface area contributed by atoms with E-state index in [0.717, 1.165) is 17.4 Å². The van der Waals surface area contributed by atoms with E-state index in [9.17, 15) is 4.79 Å². The van der Waals surface area contributed by atoms with Crippen LogP contribution >= 0.6 is 0 Å². The SMILES string of the molecule is C[C@@H](NC(=O)Cc1ccc2ccccc2c1)[C@H]1C[C@H]2CC[C@H]1C2. The van der Waals surface area contributed by atoms with Crippen LogP contribution in [0.1, 0.15) is 38.2 Å². The average Bonchev–Trinajstić information content (AvgIpc) is 3.17. The summed E-state index contributed by atoms with van der Waals surface area (Å²) in [5, 5.41) is 5.70. The van der Waals surface area contributed by atoms with E-state index in [4.69, 9.17) is 0 Å². The van der Waals surface area contributed by atoms with Gasteiger partial charge in [-0.25, -0.2) is 0 Å². The van der Waals surface area contributed by atoms with Crippen molar-refractivity contribution in [2.75, 3.05) is 0 Å². The van der Waals surface area contributed by atoms with Crippen LogP contribution < -0.4 is 5.32 Å². The van der Waals surface area contributed by atoms with Gasteiger partial charge < -0.3 is 5.32 Å². The second kappa shape index (κ2) is 5.99. The number of amides is 1. The Hall–Kier alpha value is -1.83. The highest BCUT2D eigenvalue weighted by molar-refractivity contribution is 5.85. The Labute approximate surface area is 138 Å². The summed E-state index contributed by atoms with van der Waals surface area (Å²) in [6.45, 7) is 2.20. The molecule has 2 fully saturated rings. The molecule has 1 amide bonds. The molecular formula is C21H25NO. The summed E-state index contributed by atoms with van der Waals surface area (Å²) in [6, 6.07) is 14.9. The standard InChI is InChI=1S/C21H25NO/c1-14(20-12-15-7-9-19(20)11-15)22-21(23)13-16-6-8-17-4-2-3-5-18(17)10-16/h2-6,8,10,14-15,19-20H,7,9,11-13H2,1H3,(H,22,23)/t14-,15+,19+,20-/m1/s1. The molecule has 2 bridgehead atoms. The minimum atomic E-state index is 0.163. The molecule has 2 aromatic carbocycles. The summed E-state index contributed by atoms with van der Waals surface area (Å²) in [4.78, 5) is 12.4. The fourth-order valence-electron chi connectivity index (χ4n) is 4.85. The lowest BCUT2D eigenvalue weighted by Gasteiger charge is -2.28. The molecule has 2 heteroatoms. The molecule has 23 heavy (non-hydrogen) atoms. The summed E-state index contributed by atoms with van der Waals surface area (Å²) >= 11 is 0. The molecule has 4 atom stereocenters. The van der Waals surface area contributed by atoms with E-state index >= 15 is 0 Å². The van der Waals surface area contributed by atoms with Crippen molar-refractivity contribution in [2.24, 2.45) is 17.8 Å². The number of benzene rings is 2. The van der Waals surface area contributed by atoms with Crippen molar-refractivity contribution in [3.63, 3.8) is 0 Å². The first-order valence-corrected chi connectivity index (χ1v) is 8.96. The first-order chi connectivity index (χ1) is 11.2. The summed E-state index contributed by atoms with van der Waals surface area (Å²) in [7, 11) is 0. The first-order valence-electron chi connectivity index (χ1n) is 8.96. The zero-order valence-corrected chi connectivity index (χ0v) is 13.8. The Morgan fingerprint density at radius 3 is 2.70 bits per heavy atom. The largest absolute Gasteiger partial charge is 0.353 e. The number of hydrogen-bond acceptors (Lipinski definition) is 1. The van der Waals surface area contributed by atoms with Crippen LogP contribution in [0.3, 0.4) is 0 Å². The maximum absolute atomic E-state index is 12.4. The molecule has 2 saturated carbocycles. The first kappa shape index (κ1) is 14.7. The Bertz CT molecular complexity index is 723. The van der Waals surface area contributed by atoms with Gasteiger partial charge in [-0.05, 0) is 60.3 Å². The fourth-order valence-corrected chi connectivity index (χ4v) is 4.85. The third kappa shape index (κ3) is 2.99. The number of fused-ring (bicyclic) bond motifs is 3. The summed E-state index contributed by atoms with van der Waals surface area (Å²) in [6.07, 6.45) is 5.99. The highest BCUT2D eigenvalue weighted by Gasteiger charge is 2.42. The Kier molecular flexibility index (Phi) is 3.84. The predicted octanol–water partition coefficient (Wildman–Crippen LogP) is 4.32. The number of hydrogen-bond donors (Lipinski definition) is 1. The molecule has 4 rings (SSSR count). The maximum atomic E-state index is 12.4. The summed E-state index contributed by atoms with van der Waals surface area (Å²) < 4.78 is 0. The smallest absolute Gasteiger partial charge is 0.224 e. The number of carbonyl (C=O) groups is 1. The van der Waals surface area contributed by atoms with Crippen LogP contribution in [0.15, 0.2) is 42.5 Å². The Morgan fingerprint density at radius 2 is 1.96 bits per heavy atom. The van der Waals surface area contributed by atoms with E-state index < -0.39 is 0 Å². The van der Waals surface area contributed by atoms with Crippen molar-refractivity contribution in [1.29, 1.82) is 0 Å². The van der Waals surface area contributed by atoms with Gasteiger partial charge in [-0.3, -0.25) is 4.79 Å². The van der Waals surface area contributed by atoms with E-state index in [-0.39, 0.29) is 5.91 Å². The number of nitrogens with one attached hydrogen (secondary N) is 1. The van der Waals surface area contributed by atoms with Crippen LogP contribution in [0.2, 0.25) is 0 Å². The molecule has 2 nitrogen and oxygen atoms in total. The molecular weight excluding hydrogens is 282 g/mol. The molecule has 0 aromatic heterocycles. The second-order valence-electron chi connectivity index (χ2n) is 7.55. The lowest BCUT2D eigenvalue weighted by atomic mass is 9.84. The highest BCUT2D eigenvalue weighted by Crippen LogP contribution is 2.49. The Balaban J connectivity index is 1.39. The molecule has 0 aliphatic heterocycles. The molecule has 2 aliphatic carbocycles. The van der Waals surface area contributed by atoms with Crippen molar-refractivity contribution in [2.45, 2.75) is 45.1 Å². The molecule has 0 unspecified atom stereocenters. The van der Waals surface area contributed by atoms with Crippen molar-refractivity contribution in [3.8, 4) is 0 Å². The van der Waals surface area contributed by atoms with Gasteiger partial charge in [-0.15, -0.1) is 0 Å². The number of carbonyl (C=O) groups excluding carboxylic acids is 1. The normalized spacial score (nSPS) is 27.3. The summed E-state index contributed by atoms with van der Waals surface area (Å²) in [5.41, 5.74) is 1.10. The highest BCUT2D eigenvalue weighted by atomic mass is 16.1. The molecule has 2 aliphatic rings. The predicted molar refractivity (Wildman–Crippen MR) is 94.2 cm³/mol. The Morgan fingerprint density at radius 1 is 1.13 bits per heavy atom. The van der Waals surface area contributed by atoms with E-state index in [1.807, 2.05) is 12.1 Å². The van der Waals surface area contributed by atoms with E-state index in [2.05, 4.69) is 42.6 Å². The van der Waals surface area contributed by atoms with Crippen LogP contribution in [0.4, 0.5) is 0 Å². The molecule has 0 spiro atoms. The van der Waals surface area contributed by atoms with Crippen molar-refractivity contribution >= 4 is 16.7 Å². The lowest BCUT2D eigenvalue weighted by Crippen LogP contribution is -2.40. The third-order valence-corrected chi connectivity index (χ3v) is 6.00. The van der Waals surface area contributed by atoms with Crippen molar-refractivity contribution in [3.05, 3.63) is 48.0 Å². The van der Waals surface area contributed by atoms with E-state index in [0.29, 0.717) is 18.4 Å². The van der Waals surface area contributed by atoms with Crippen LogP contribution in [-0.4, -0.2) is 11.9 Å². The quantitative estimate of drug-likeness (QED) is 0.895. The van der Waals surface area contributed by atoms with Gasteiger partial charge in [0.25, 0.3) is 0 Å². The number of rotatable bonds is 4. The van der Waals surface area contributed by atoms with Crippen LogP contribution in [0, 0.1) is 17.8 Å². The minimum absolute atomic E-state index is 0.163. The summed E-state index contributed by atoms with van der Waals surface area (Å²) in [5.74, 6) is 2.66. The van der Waals surface area contributed by atoms with Crippen LogP contribution in [-0.2, 0) is 11.2 Å². The van der Waals surface area contributed by atoms with Gasteiger partial charge in [0, 0.05) is 6.04 Å². The van der Waals surface area contributed by atoms with Crippen LogP contribution in [0.5, 0.6) is 0 Å². The molecule has 2 aromatic rings. The van der Waals surface area contributed by atoms with Gasteiger partial charge in [0.1, 0.15) is 0 Å². The fraction of sp³-hybridized carbons (Fsp3) is 0.476. The van der Waals surface area contributed by atoms with Gasteiger partial charge in [-0.2, -0.15) is 0 Å². The van der Waals surface area contributed by atoms with E-state index in [1.54, 1.807) is 0 Å². The molecule has 0 saturated heterocycles. The zero-order chi connectivity index (χ0) is 15.8. The maximum Gasteiger partial charge on any atom is 0.224 e. The monoisotopic (exact) mass is 307 g/mol. The van der Waals surface area contributed by atoms with Gasteiger partial charge in [-0.1, -0.05) is 48.9 Å². The average molecular weight is 307 g/mol. The lowest BCUT2D eigenvalue weighted by molar-refractivity contribution is -0.121. The molecule has 1 N–H and O–H groups in total. The third-order valence-electron chi connectivity index (χ3n) is 6.00. The van der Waals surface area contributed by atoms with Gasteiger partial charge >= 0.3 is 0 Å². The second-order valence-corrected chi connectivity index (χ2v) is 7.55. The molecule has 0 radical (unpaired) electrons. The molecule has 0 heterocycles. The van der Waals surface area contributed by atoms with Crippen molar-refractivity contribution < 1.29 is 4.79 Å². The van der Waals surface area contributed by atoms with Gasteiger partial charge in [0.2, 0.25) is 5.91 Å². The topological polar surface area (TPSA) is 29.1 Å².